The summed E-state index contributed by atoms with van der Waals surface area (Å²) in [4.78, 5) is 16.4. The molecule has 0 aliphatic heterocycles. The topological polar surface area (TPSA) is 78.5 Å². The Morgan fingerprint density at radius 1 is 0.962 bits per heavy atom. The lowest BCUT2D eigenvalue weighted by atomic mass is 10.1. The van der Waals surface area contributed by atoms with E-state index in [2.05, 4.69) is 42.7 Å². The number of nitrogens with one attached hydrogen (secondary N) is 3. The van der Waals surface area contributed by atoms with E-state index < -0.39 is 0 Å². The molecule has 0 amide bonds. The van der Waals surface area contributed by atoms with E-state index >= 15 is 0 Å². The summed E-state index contributed by atoms with van der Waals surface area (Å²) in [6.45, 7) is 0.671. The number of fused-ring (bicyclic) bond motifs is 1. The molecule has 6 heteroatoms. The van der Waals surface area contributed by atoms with Crippen molar-refractivity contribution in [2.75, 3.05) is 17.7 Å². The molecule has 4 aromatic rings. The molecule has 0 radical (unpaired) electrons. The number of anilines is 2. The van der Waals surface area contributed by atoms with Crippen molar-refractivity contribution in [2.45, 2.75) is 13.0 Å². The number of aromatic nitrogens is 4. The molecule has 0 fully saturated rings. The lowest BCUT2D eigenvalue weighted by molar-refractivity contribution is 1.07. The van der Waals surface area contributed by atoms with Gasteiger partial charge in [0.2, 0.25) is 0 Å². The highest BCUT2D eigenvalue weighted by atomic mass is 15.0. The summed E-state index contributed by atoms with van der Waals surface area (Å²) >= 11 is 0. The maximum Gasteiger partial charge on any atom is 0.137 e. The first-order valence-corrected chi connectivity index (χ1v) is 8.55. The van der Waals surface area contributed by atoms with Crippen LogP contribution in [-0.2, 0) is 13.0 Å². The number of hydrogen-bond acceptors (Lipinski definition) is 5. The van der Waals surface area contributed by atoms with Crippen LogP contribution in [0.2, 0.25) is 0 Å². The Morgan fingerprint density at radius 2 is 1.85 bits per heavy atom. The highest BCUT2D eigenvalue weighted by Gasteiger charge is 2.06. The van der Waals surface area contributed by atoms with E-state index in [9.17, 15) is 0 Å². The van der Waals surface area contributed by atoms with Crippen LogP contribution in [0.25, 0.3) is 11.0 Å². The summed E-state index contributed by atoms with van der Waals surface area (Å²) in [5, 5.41) is 7.60. The van der Waals surface area contributed by atoms with E-state index in [1.807, 2.05) is 43.7 Å². The van der Waals surface area contributed by atoms with Gasteiger partial charge in [0.15, 0.2) is 0 Å². The van der Waals surface area contributed by atoms with Gasteiger partial charge in [-0.25, -0.2) is 15.0 Å². The number of pyridine rings is 3. The lowest BCUT2D eigenvalue weighted by Crippen LogP contribution is -2.05. The molecule has 0 saturated carbocycles. The highest BCUT2D eigenvalue weighted by Crippen LogP contribution is 2.20. The van der Waals surface area contributed by atoms with Gasteiger partial charge in [0.1, 0.15) is 17.3 Å². The number of H-pyrrole nitrogens is 1. The first kappa shape index (κ1) is 16.1. The summed E-state index contributed by atoms with van der Waals surface area (Å²) in [7, 11) is 1.87. The quantitative estimate of drug-likeness (QED) is 0.498. The molecule has 4 heterocycles. The number of aromatic amines is 1. The first-order chi connectivity index (χ1) is 12.8. The molecular weight excluding hydrogens is 324 g/mol. The standard InChI is InChI=1S/C20H20N6/c1-21-19-15(4-2-8-22-19)12-25-18-7-6-14(11-24-18)10-16-13-26-20-17(16)5-3-9-23-20/h2-9,11,13H,10,12H2,1H3,(H,21,22)(H,23,26)(H,24,25). The minimum absolute atomic E-state index is 0.671. The van der Waals surface area contributed by atoms with Crippen molar-refractivity contribution in [2.24, 2.45) is 0 Å². The average molecular weight is 344 g/mol. The zero-order chi connectivity index (χ0) is 17.8. The molecule has 0 aliphatic rings. The van der Waals surface area contributed by atoms with Crippen molar-refractivity contribution in [1.29, 1.82) is 0 Å². The van der Waals surface area contributed by atoms with Crippen LogP contribution in [-0.4, -0.2) is 27.0 Å². The van der Waals surface area contributed by atoms with Crippen LogP contribution < -0.4 is 10.6 Å². The van der Waals surface area contributed by atoms with E-state index in [1.165, 1.54) is 5.56 Å². The van der Waals surface area contributed by atoms with Crippen LogP contribution >= 0.6 is 0 Å². The smallest absolute Gasteiger partial charge is 0.137 e. The highest BCUT2D eigenvalue weighted by molar-refractivity contribution is 5.79. The van der Waals surface area contributed by atoms with Crippen LogP contribution in [0.15, 0.2) is 61.2 Å². The second-order valence-electron chi connectivity index (χ2n) is 6.06. The Hall–Kier alpha value is -3.41. The van der Waals surface area contributed by atoms with Crippen molar-refractivity contribution in [3.05, 3.63) is 77.9 Å². The first-order valence-electron chi connectivity index (χ1n) is 8.55. The van der Waals surface area contributed by atoms with Gasteiger partial charge in [-0.05, 0) is 35.4 Å². The second kappa shape index (κ2) is 7.23. The fourth-order valence-corrected chi connectivity index (χ4v) is 3.00. The van der Waals surface area contributed by atoms with E-state index in [0.717, 1.165) is 40.2 Å². The Balaban J connectivity index is 1.43. The van der Waals surface area contributed by atoms with Gasteiger partial charge in [-0.1, -0.05) is 12.1 Å². The van der Waals surface area contributed by atoms with E-state index in [-0.39, 0.29) is 0 Å². The lowest BCUT2D eigenvalue weighted by Gasteiger charge is -2.10. The van der Waals surface area contributed by atoms with Crippen molar-refractivity contribution >= 4 is 22.7 Å². The van der Waals surface area contributed by atoms with Crippen LogP contribution in [0, 0.1) is 0 Å². The van der Waals surface area contributed by atoms with Gasteiger partial charge < -0.3 is 15.6 Å². The Labute approximate surface area is 151 Å². The predicted octanol–water partition coefficient (Wildman–Crippen LogP) is 3.60. The molecule has 0 bridgehead atoms. The number of rotatable bonds is 6. The molecular formula is C20H20N6. The van der Waals surface area contributed by atoms with Crippen molar-refractivity contribution in [1.82, 2.24) is 19.9 Å². The Morgan fingerprint density at radius 3 is 2.69 bits per heavy atom. The molecule has 4 rings (SSSR count). The summed E-state index contributed by atoms with van der Waals surface area (Å²) in [5.41, 5.74) is 4.42. The predicted molar refractivity (Wildman–Crippen MR) is 104 cm³/mol. The summed E-state index contributed by atoms with van der Waals surface area (Å²) < 4.78 is 0. The third-order valence-corrected chi connectivity index (χ3v) is 4.34. The molecule has 0 atom stereocenters. The van der Waals surface area contributed by atoms with Gasteiger partial charge in [0.25, 0.3) is 0 Å². The molecule has 0 unspecified atom stereocenters. The Kier molecular flexibility index (Phi) is 4.47. The van der Waals surface area contributed by atoms with E-state index in [1.54, 1.807) is 12.4 Å². The SMILES string of the molecule is CNc1ncccc1CNc1ccc(Cc2c[nH]c3ncccc23)cn1. The normalized spacial score (nSPS) is 10.8. The van der Waals surface area contributed by atoms with Gasteiger partial charge in [-0.15, -0.1) is 0 Å². The van der Waals surface area contributed by atoms with Crippen LogP contribution in [0.3, 0.4) is 0 Å². The maximum atomic E-state index is 4.53. The van der Waals surface area contributed by atoms with Gasteiger partial charge in [0.05, 0.1) is 0 Å². The summed E-state index contributed by atoms with van der Waals surface area (Å²) in [6.07, 6.45) is 8.34. The summed E-state index contributed by atoms with van der Waals surface area (Å²) in [5.74, 6) is 1.73. The summed E-state index contributed by atoms with van der Waals surface area (Å²) in [6, 6.07) is 12.1. The third kappa shape index (κ3) is 3.35. The molecule has 0 saturated heterocycles. The molecule has 6 nitrogen and oxygen atoms in total. The average Bonchev–Trinajstić information content (AvgIpc) is 3.11. The minimum atomic E-state index is 0.671. The molecule has 130 valence electrons. The molecule has 4 aromatic heterocycles. The van der Waals surface area contributed by atoms with E-state index in [0.29, 0.717) is 6.54 Å². The fraction of sp³-hybridized carbons (Fsp3) is 0.150. The third-order valence-electron chi connectivity index (χ3n) is 4.34. The number of hydrogen-bond donors (Lipinski definition) is 3. The molecule has 3 N–H and O–H groups in total. The monoisotopic (exact) mass is 344 g/mol. The minimum Gasteiger partial charge on any atom is -0.373 e. The Bertz CT molecular complexity index is 1010. The maximum absolute atomic E-state index is 4.53. The largest absolute Gasteiger partial charge is 0.373 e. The zero-order valence-corrected chi connectivity index (χ0v) is 14.5. The second-order valence-corrected chi connectivity index (χ2v) is 6.06. The molecule has 0 aromatic carbocycles. The van der Waals surface area contributed by atoms with Crippen LogP contribution in [0.1, 0.15) is 16.7 Å². The van der Waals surface area contributed by atoms with Gasteiger partial charge in [-0.3, -0.25) is 0 Å². The zero-order valence-electron chi connectivity index (χ0n) is 14.5. The van der Waals surface area contributed by atoms with Crippen molar-refractivity contribution < 1.29 is 0 Å². The van der Waals surface area contributed by atoms with Gasteiger partial charge in [0, 0.05) is 55.8 Å². The molecule has 0 aliphatic carbocycles. The van der Waals surface area contributed by atoms with Crippen molar-refractivity contribution in [3.8, 4) is 0 Å². The van der Waals surface area contributed by atoms with Crippen LogP contribution in [0.4, 0.5) is 11.6 Å². The van der Waals surface area contributed by atoms with Gasteiger partial charge in [-0.2, -0.15) is 0 Å². The number of nitrogens with zero attached hydrogens (tertiary/aromatic N) is 3. The van der Waals surface area contributed by atoms with Crippen LogP contribution in [0.5, 0.6) is 0 Å². The van der Waals surface area contributed by atoms with E-state index in [4.69, 9.17) is 0 Å². The van der Waals surface area contributed by atoms with Crippen molar-refractivity contribution in [3.63, 3.8) is 0 Å². The molecule has 0 spiro atoms. The van der Waals surface area contributed by atoms with Gasteiger partial charge >= 0.3 is 0 Å². The molecule has 26 heavy (non-hydrogen) atoms. The fourth-order valence-electron chi connectivity index (χ4n) is 3.00.